The summed E-state index contributed by atoms with van der Waals surface area (Å²) in [6.07, 6.45) is 0.798. The Bertz CT molecular complexity index is 360. The molecular weight excluding hydrogens is 240 g/mol. The molecule has 0 aliphatic carbocycles. The second-order valence-electron chi connectivity index (χ2n) is 4.50. The molecule has 2 aliphatic heterocycles. The zero-order valence-corrected chi connectivity index (χ0v) is 9.92. The third kappa shape index (κ3) is 2.61. The minimum absolute atomic E-state index is 0.0279. The van der Waals surface area contributed by atoms with Crippen LogP contribution in [0.25, 0.3) is 0 Å². The summed E-state index contributed by atoms with van der Waals surface area (Å²) >= 11 is 0. The van der Waals surface area contributed by atoms with Crippen LogP contribution in [0.2, 0.25) is 0 Å². The number of hydrogen-bond donors (Lipinski definition) is 2. The zero-order chi connectivity index (χ0) is 13.1. The van der Waals surface area contributed by atoms with Crippen molar-refractivity contribution in [3.8, 4) is 0 Å². The van der Waals surface area contributed by atoms with Gasteiger partial charge in [0, 0.05) is 19.5 Å². The second-order valence-corrected chi connectivity index (χ2v) is 4.50. The van der Waals surface area contributed by atoms with Crippen LogP contribution in [0, 0.1) is 5.92 Å². The number of carbonyl (C=O) groups excluding carboxylic acids is 2. The summed E-state index contributed by atoms with van der Waals surface area (Å²) in [5, 5.41) is 11.7. The predicted molar refractivity (Wildman–Crippen MR) is 59.7 cm³/mol. The first kappa shape index (κ1) is 12.8. The number of nitrogens with zero attached hydrogens (tertiary/aromatic N) is 1. The van der Waals surface area contributed by atoms with Crippen LogP contribution >= 0.6 is 0 Å². The Morgan fingerprint density at radius 3 is 2.83 bits per heavy atom. The fourth-order valence-electron chi connectivity index (χ4n) is 2.25. The Labute approximate surface area is 104 Å². The number of piperidine rings is 1. The summed E-state index contributed by atoms with van der Waals surface area (Å²) in [6.45, 7) is 0.969. The van der Waals surface area contributed by atoms with Crippen molar-refractivity contribution in [2.24, 2.45) is 5.92 Å². The van der Waals surface area contributed by atoms with Crippen molar-refractivity contribution in [1.82, 2.24) is 10.2 Å². The lowest BCUT2D eigenvalue weighted by Gasteiger charge is -2.36. The number of carbonyl (C=O) groups is 3. The van der Waals surface area contributed by atoms with E-state index in [4.69, 9.17) is 9.84 Å². The molecule has 0 saturated carbocycles. The van der Waals surface area contributed by atoms with Crippen LogP contribution in [0.4, 0.5) is 0 Å². The molecule has 2 amide bonds. The number of aliphatic carboxylic acids is 1. The van der Waals surface area contributed by atoms with Crippen molar-refractivity contribution < 1.29 is 24.2 Å². The fraction of sp³-hybridized carbons (Fsp3) is 0.727. The summed E-state index contributed by atoms with van der Waals surface area (Å²) in [5.41, 5.74) is 0. The maximum atomic E-state index is 12.2. The normalized spacial score (nSPS) is 28.7. The molecule has 0 bridgehead atoms. The van der Waals surface area contributed by atoms with Gasteiger partial charge in [0.15, 0.2) is 6.04 Å². The van der Waals surface area contributed by atoms with E-state index in [1.807, 2.05) is 0 Å². The Morgan fingerprint density at radius 1 is 1.44 bits per heavy atom. The quantitative estimate of drug-likeness (QED) is 0.648. The van der Waals surface area contributed by atoms with Crippen molar-refractivity contribution in [1.29, 1.82) is 0 Å². The zero-order valence-electron chi connectivity index (χ0n) is 9.92. The molecule has 7 heteroatoms. The maximum Gasteiger partial charge on any atom is 0.328 e. The number of nitrogens with one attached hydrogen (secondary N) is 1. The van der Waals surface area contributed by atoms with E-state index in [1.165, 1.54) is 4.90 Å². The number of hydrogen-bond acceptors (Lipinski definition) is 4. The molecular formula is C11H16N2O5. The van der Waals surface area contributed by atoms with Crippen LogP contribution in [-0.2, 0) is 19.1 Å². The molecule has 2 rings (SSSR count). The highest BCUT2D eigenvalue weighted by Crippen LogP contribution is 2.18. The molecule has 0 spiro atoms. The summed E-state index contributed by atoms with van der Waals surface area (Å²) in [4.78, 5) is 35.7. The van der Waals surface area contributed by atoms with E-state index in [9.17, 15) is 14.4 Å². The van der Waals surface area contributed by atoms with Gasteiger partial charge in [-0.1, -0.05) is 0 Å². The lowest BCUT2D eigenvalue weighted by molar-refractivity contribution is -0.160. The van der Waals surface area contributed by atoms with E-state index >= 15 is 0 Å². The SMILES string of the molecule is O=C1CCC(C(=O)N2CCOCC2C(=O)O)CN1. The molecule has 0 aromatic carbocycles. The van der Waals surface area contributed by atoms with Gasteiger partial charge in [-0.2, -0.15) is 0 Å². The van der Waals surface area contributed by atoms with Gasteiger partial charge < -0.3 is 20.1 Å². The topological polar surface area (TPSA) is 95.9 Å². The highest BCUT2D eigenvalue weighted by molar-refractivity contribution is 5.87. The fourth-order valence-corrected chi connectivity index (χ4v) is 2.25. The third-order valence-electron chi connectivity index (χ3n) is 3.31. The number of morpholine rings is 1. The summed E-state index contributed by atoms with van der Waals surface area (Å²) in [6, 6.07) is -0.913. The first-order valence-corrected chi connectivity index (χ1v) is 5.97. The van der Waals surface area contributed by atoms with Crippen LogP contribution in [0.5, 0.6) is 0 Å². The van der Waals surface area contributed by atoms with Crippen molar-refractivity contribution in [2.75, 3.05) is 26.3 Å². The van der Waals surface area contributed by atoms with E-state index < -0.39 is 12.0 Å². The van der Waals surface area contributed by atoms with Gasteiger partial charge in [0.1, 0.15) is 0 Å². The molecule has 2 saturated heterocycles. The van der Waals surface area contributed by atoms with Gasteiger partial charge in [-0.05, 0) is 6.42 Å². The van der Waals surface area contributed by atoms with Gasteiger partial charge in [-0.3, -0.25) is 9.59 Å². The van der Waals surface area contributed by atoms with Crippen molar-refractivity contribution in [3.63, 3.8) is 0 Å². The first-order chi connectivity index (χ1) is 8.59. The molecule has 0 radical (unpaired) electrons. The molecule has 100 valence electrons. The van der Waals surface area contributed by atoms with Crippen molar-refractivity contribution in [3.05, 3.63) is 0 Å². The maximum absolute atomic E-state index is 12.2. The van der Waals surface area contributed by atoms with Crippen LogP contribution in [0.1, 0.15) is 12.8 Å². The Balaban J connectivity index is 2.02. The summed E-state index contributed by atoms with van der Waals surface area (Å²) in [5.74, 6) is -1.63. The van der Waals surface area contributed by atoms with Crippen LogP contribution in [0.3, 0.4) is 0 Å². The molecule has 2 heterocycles. The average Bonchev–Trinajstić information content (AvgIpc) is 2.39. The summed E-state index contributed by atoms with van der Waals surface area (Å²) < 4.78 is 5.08. The standard InChI is InChI=1S/C11H16N2O5/c14-9-2-1-7(5-12-9)10(15)13-3-4-18-6-8(13)11(16)17/h7-8H,1-6H2,(H,12,14)(H,16,17). The number of ether oxygens (including phenoxy) is 1. The van der Waals surface area contributed by atoms with Crippen LogP contribution in [0.15, 0.2) is 0 Å². The van der Waals surface area contributed by atoms with Gasteiger partial charge in [-0.15, -0.1) is 0 Å². The highest BCUT2D eigenvalue weighted by Gasteiger charge is 2.37. The molecule has 2 fully saturated rings. The largest absolute Gasteiger partial charge is 0.480 e. The van der Waals surface area contributed by atoms with Gasteiger partial charge in [0.2, 0.25) is 11.8 Å². The van der Waals surface area contributed by atoms with E-state index in [2.05, 4.69) is 5.32 Å². The Morgan fingerprint density at radius 2 is 2.22 bits per heavy atom. The number of amides is 2. The van der Waals surface area contributed by atoms with Gasteiger partial charge in [0.05, 0.1) is 19.1 Å². The van der Waals surface area contributed by atoms with Crippen LogP contribution in [-0.4, -0.2) is 60.1 Å². The monoisotopic (exact) mass is 256 g/mol. The molecule has 2 atom stereocenters. The third-order valence-corrected chi connectivity index (χ3v) is 3.31. The molecule has 2 aliphatic rings. The number of carboxylic acid groups (broad SMARTS) is 1. The number of rotatable bonds is 2. The van der Waals surface area contributed by atoms with E-state index in [0.717, 1.165) is 0 Å². The van der Waals surface area contributed by atoms with Crippen molar-refractivity contribution in [2.45, 2.75) is 18.9 Å². The molecule has 0 aromatic heterocycles. The Kier molecular flexibility index (Phi) is 3.81. The molecule has 2 unspecified atom stereocenters. The van der Waals surface area contributed by atoms with E-state index in [0.29, 0.717) is 32.5 Å². The van der Waals surface area contributed by atoms with Crippen molar-refractivity contribution >= 4 is 17.8 Å². The molecule has 0 aromatic rings. The minimum Gasteiger partial charge on any atom is -0.480 e. The highest BCUT2D eigenvalue weighted by atomic mass is 16.5. The van der Waals surface area contributed by atoms with Gasteiger partial charge in [0.25, 0.3) is 0 Å². The smallest absolute Gasteiger partial charge is 0.328 e. The Hall–Kier alpha value is -1.63. The van der Waals surface area contributed by atoms with Gasteiger partial charge in [-0.25, -0.2) is 4.79 Å². The molecule has 2 N–H and O–H groups in total. The van der Waals surface area contributed by atoms with Crippen LogP contribution < -0.4 is 5.32 Å². The second kappa shape index (κ2) is 5.34. The molecule has 7 nitrogen and oxygen atoms in total. The average molecular weight is 256 g/mol. The minimum atomic E-state index is -1.05. The lowest BCUT2D eigenvalue weighted by Crippen LogP contribution is -2.56. The predicted octanol–water partition coefficient (Wildman–Crippen LogP) is -1.18. The van der Waals surface area contributed by atoms with E-state index in [-0.39, 0.29) is 24.3 Å². The molecule has 18 heavy (non-hydrogen) atoms. The first-order valence-electron chi connectivity index (χ1n) is 5.97. The van der Waals surface area contributed by atoms with E-state index in [1.54, 1.807) is 0 Å². The lowest BCUT2D eigenvalue weighted by atomic mass is 9.96. The van der Waals surface area contributed by atoms with Gasteiger partial charge >= 0.3 is 5.97 Å². The number of carboxylic acids is 1. The summed E-state index contributed by atoms with van der Waals surface area (Å²) in [7, 11) is 0.